The maximum atomic E-state index is 13.4. The van der Waals surface area contributed by atoms with Crippen molar-refractivity contribution in [3.63, 3.8) is 0 Å². The van der Waals surface area contributed by atoms with Gasteiger partial charge in [-0.25, -0.2) is 9.78 Å². The van der Waals surface area contributed by atoms with Crippen molar-refractivity contribution >= 4 is 23.7 Å². The van der Waals surface area contributed by atoms with E-state index < -0.39 is 54.0 Å². The molecule has 0 aliphatic heterocycles. The Kier molecular flexibility index (Phi) is 11.2. The van der Waals surface area contributed by atoms with Crippen molar-refractivity contribution < 1.29 is 29.4 Å². The first-order valence-corrected chi connectivity index (χ1v) is 12.1. The molecule has 2 aromatic rings. The Morgan fingerprint density at radius 1 is 0.973 bits per heavy atom. The maximum absolute atomic E-state index is 13.4. The van der Waals surface area contributed by atoms with Gasteiger partial charge in [-0.2, -0.15) is 0 Å². The number of H-pyrrole nitrogens is 1. The van der Waals surface area contributed by atoms with Crippen molar-refractivity contribution in [3.8, 4) is 0 Å². The number of aliphatic hydroxyl groups excluding tert-OH is 1. The molecule has 0 bridgehead atoms. The lowest BCUT2D eigenvalue weighted by atomic mass is 9.98. The van der Waals surface area contributed by atoms with E-state index in [1.54, 1.807) is 30.3 Å². The Morgan fingerprint density at radius 2 is 1.57 bits per heavy atom. The number of rotatable bonds is 14. The van der Waals surface area contributed by atoms with Crippen LogP contribution in [0.15, 0.2) is 42.9 Å². The van der Waals surface area contributed by atoms with Gasteiger partial charge in [-0.15, -0.1) is 0 Å². The number of carboxylic acid groups (broad SMARTS) is 1. The molecule has 0 aliphatic rings. The van der Waals surface area contributed by atoms with Gasteiger partial charge in [-0.05, 0) is 18.4 Å². The fraction of sp³-hybridized carbons (Fsp3) is 0.480. The average molecular weight is 517 g/mol. The number of aliphatic carboxylic acids is 1. The second-order valence-corrected chi connectivity index (χ2v) is 9.07. The zero-order chi connectivity index (χ0) is 27.5. The second kappa shape index (κ2) is 14.1. The van der Waals surface area contributed by atoms with E-state index in [9.17, 15) is 29.4 Å². The van der Waals surface area contributed by atoms with Gasteiger partial charge in [0.25, 0.3) is 0 Å². The number of nitrogens with two attached hydrogens (primary N) is 1. The van der Waals surface area contributed by atoms with Crippen LogP contribution < -0.4 is 21.7 Å². The highest BCUT2D eigenvalue weighted by Gasteiger charge is 2.32. The molecule has 2 rings (SSSR count). The number of carbonyl (C=O) groups excluding carboxylic acids is 3. The van der Waals surface area contributed by atoms with Crippen LogP contribution in [0.2, 0.25) is 0 Å². The van der Waals surface area contributed by atoms with E-state index in [0.29, 0.717) is 17.7 Å². The van der Waals surface area contributed by atoms with E-state index in [0.717, 1.165) is 0 Å². The predicted molar refractivity (Wildman–Crippen MR) is 135 cm³/mol. The van der Waals surface area contributed by atoms with Gasteiger partial charge in [0, 0.05) is 24.7 Å². The topological polar surface area (TPSA) is 200 Å². The SMILES string of the molecule is CCC(C)C(N)C(=O)NC(Cc1cnc[nH]1)C(=O)NC(Cc1ccccc1)C(=O)NC(C(=O)O)C(C)O. The third-order valence-electron chi connectivity index (χ3n) is 6.13. The Labute approximate surface area is 215 Å². The molecule has 0 saturated heterocycles. The molecular formula is C25H36N6O6. The molecule has 0 aliphatic carbocycles. The Bertz CT molecular complexity index is 1030. The highest BCUT2D eigenvalue weighted by molar-refractivity contribution is 5.94. The Balaban J connectivity index is 2.28. The van der Waals surface area contributed by atoms with Crippen LogP contribution >= 0.6 is 0 Å². The monoisotopic (exact) mass is 516 g/mol. The summed E-state index contributed by atoms with van der Waals surface area (Å²) in [5.74, 6) is -3.52. The number of nitrogens with zero attached hydrogens (tertiary/aromatic N) is 1. The number of hydrogen-bond acceptors (Lipinski definition) is 7. The molecule has 1 heterocycles. The van der Waals surface area contributed by atoms with Crippen LogP contribution in [0.4, 0.5) is 0 Å². The van der Waals surface area contributed by atoms with Crippen LogP contribution in [0.25, 0.3) is 0 Å². The third kappa shape index (κ3) is 8.99. The van der Waals surface area contributed by atoms with E-state index in [2.05, 4.69) is 25.9 Å². The van der Waals surface area contributed by atoms with Gasteiger partial charge in [0.2, 0.25) is 17.7 Å². The summed E-state index contributed by atoms with van der Waals surface area (Å²) in [5, 5.41) is 26.7. The van der Waals surface area contributed by atoms with Gasteiger partial charge >= 0.3 is 5.97 Å². The highest BCUT2D eigenvalue weighted by Crippen LogP contribution is 2.09. The van der Waals surface area contributed by atoms with Crippen molar-refractivity contribution in [1.29, 1.82) is 0 Å². The maximum Gasteiger partial charge on any atom is 0.328 e. The molecular weight excluding hydrogens is 480 g/mol. The summed E-state index contributed by atoms with van der Waals surface area (Å²) in [5.41, 5.74) is 7.33. The van der Waals surface area contributed by atoms with Crippen molar-refractivity contribution in [3.05, 3.63) is 54.1 Å². The molecule has 6 atom stereocenters. The van der Waals surface area contributed by atoms with E-state index >= 15 is 0 Å². The number of hydrogen-bond donors (Lipinski definition) is 7. The normalized spacial score (nSPS) is 15.9. The van der Waals surface area contributed by atoms with E-state index in [1.165, 1.54) is 19.4 Å². The van der Waals surface area contributed by atoms with Crippen molar-refractivity contribution in [2.24, 2.45) is 11.7 Å². The van der Waals surface area contributed by atoms with Gasteiger partial charge < -0.3 is 36.9 Å². The average Bonchev–Trinajstić information content (AvgIpc) is 3.38. The van der Waals surface area contributed by atoms with Crippen molar-refractivity contribution in [1.82, 2.24) is 25.9 Å². The number of carboxylic acids is 1. The van der Waals surface area contributed by atoms with Gasteiger partial charge in [0.05, 0.1) is 18.5 Å². The number of aromatic nitrogens is 2. The lowest BCUT2D eigenvalue weighted by Crippen LogP contribution is -2.59. The van der Waals surface area contributed by atoms with Crippen molar-refractivity contribution in [2.75, 3.05) is 0 Å². The quantitative estimate of drug-likeness (QED) is 0.174. The third-order valence-corrected chi connectivity index (χ3v) is 6.13. The number of nitrogens with one attached hydrogen (secondary N) is 4. The fourth-order valence-electron chi connectivity index (χ4n) is 3.58. The summed E-state index contributed by atoms with van der Waals surface area (Å²) in [7, 11) is 0. The molecule has 0 spiro atoms. The molecule has 1 aromatic carbocycles. The predicted octanol–water partition coefficient (Wildman–Crippen LogP) is -0.512. The van der Waals surface area contributed by atoms with Crippen molar-refractivity contribution in [2.45, 2.75) is 70.3 Å². The molecule has 12 heteroatoms. The van der Waals surface area contributed by atoms with Crippen LogP contribution in [0.1, 0.15) is 38.4 Å². The van der Waals surface area contributed by atoms with E-state index in [-0.39, 0.29) is 18.8 Å². The minimum absolute atomic E-state index is 0.0433. The lowest BCUT2D eigenvalue weighted by Gasteiger charge is -2.26. The number of aromatic amines is 1. The summed E-state index contributed by atoms with van der Waals surface area (Å²) in [4.78, 5) is 57.5. The first-order valence-electron chi connectivity index (χ1n) is 12.1. The van der Waals surface area contributed by atoms with Gasteiger partial charge in [0.15, 0.2) is 6.04 Å². The van der Waals surface area contributed by atoms with Gasteiger partial charge in [-0.1, -0.05) is 50.6 Å². The van der Waals surface area contributed by atoms with Crippen LogP contribution in [0.3, 0.4) is 0 Å². The molecule has 202 valence electrons. The Morgan fingerprint density at radius 3 is 2.11 bits per heavy atom. The number of imidazole rings is 1. The minimum atomic E-state index is -1.57. The summed E-state index contributed by atoms with van der Waals surface area (Å²) < 4.78 is 0. The van der Waals surface area contributed by atoms with E-state index in [1.807, 2.05) is 13.8 Å². The molecule has 0 saturated carbocycles. The molecule has 1 aromatic heterocycles. The molecule has 0 fully saturated rings. The van der Waals surface area contributed by atoms with Crippen LogP contribution in [-0.4, -0.2) is 74.1 Å². The minimum Gasteiger partial charge on any atom is -0.480 e. The highest BCUT2D eigenvalue weighted by atomic mass is 16.4. The zero-order valence-corrected chi connectivity index (χ0v) is 21.2. The summed E-state index contributed by atoms with van der Waals surface area (Å²) in [6.45, 7) is 4.97. The molecule has 12 nitrogen and oxygen atoms in total. The van der Waals surface area contributed by atoms with Crippen LogP contribution in [0, 0.1) is 5.92 Å². The number of carbonyl (C=O) groups is 4. The molecule has 3 amide bonds. The molecule has 6 unspecified atom stereocenters. The summed E-state index contributed by atoms with van der Waals surface area (Å²) >= 11 is 0. The zero-order valence-electron chi connectivity index (χ0n) is 21.2. The number of benzene rings is 1. The largest absolute Gasteiger partial charge is 0.480 e. The van der Waals surface area contributed by atoms with Crippen LogP contribution in [0.5, 0.6) is 0 Å². The van der Waals surface area contributed by atoms with Crippen LogP contribution in [-0.2, 0) is 32.0 Å². The summed E-state index contributed by atoms with van der Waals surface area (Å²) in [6.07, 6.45) is 2.33. The van der Waals surface area contributed by atoms with Gasteiger partial charge in [-0.3, -0.25) is 14.4 Å². The first-order chi connectivity index (χ1) is 17.5. The molecule has 37 heavy (non-hydrogen) atoms. The Hall–Kier alpha value is -3.77. The first kappa shape index (κ1) is 29.5. The smallest absolute Gasteiger partial charge is 0.328 e. The molecule has 8 N–H and O–H groups in total. The molecule has 0 radical (unpaired) electrons. The number of aliphatic hydroxyl groups is 1. The lowest BCUT2D eigenvalue weighted by molar-refractivity contribution is -0.145. The standard InChI is InChI=1S/C25H36N6O6/c1-4-14(2)20(26)24(35)30-19(11-17-12-27-13-28-17)22(33)29-18(10-16-8-6-5-7-9-16)23(34)31-21(15(3)32)25(36)37/h5-9,12-15,18-21,32H,4,10-11,26H2,1-3H3,(H,27,28)(H,29,33)(H,30,35)(H,31,34)(H,36,37). The summed E-state index contributed by atoms with van der Waals surface area (Å²) in [6, 6.07) is 4.13. The van der Waals surface area contributed by atoms with Gasteiger partial charge in [0.1, 0.15) is 12.1 Å². The van der Waals surface area contributed by atoms with E-state index in [4.69, 9.17) is 5.73 Å². The number of amides is 3. The fourth-order valence-corrected chi connectivity index (χ4v) is 3.58. The second-order valence-electron chi connectivity index (χ2n) is 9.07.